The van der Waals surface area contributed by atoms with Crippen molar-refractivity contribution in [3.8, 4) is 0 Å². The van der Waals surface area contributed by atoms with Gasteiger partial charge in [0.15, 0.2) is 0 Å². The molecule has 0 aromatic carbocycles. The monoisotopic (exact) mass is 234 g/mol. The molecule has 6 heteroatoms. The second-order valence-electron chi connectivity index (χ2n) is 3.82. The quantitative estimate of drug-likeness (QED) is 0.628. The van der Waals surface area contributed by atoms with Crippen LogP contribution in [0.1, 0.15) is 25.7 Å². The molecule has 1 aromatic heterocycles. The number of hydrogen-bond acceptors (Lipinski definition) is 2. The Hall–Kier alpha value is -1.33. The lowest BCUT2D eigenvalue weighted by Crippen LogP contribution is -2.18. The smallest absolute Gasteiger partial charge is 0.253 e. The van der Waals surface area contributed by atoms with E-state index in [4.69, 9.17) is 0 Å². The maximum atomic E-state index is 13.2. The van der Waals surface area contributed by atoms with Crippen LogP contribution in [0.4, 0.5) is 23.2 Å². The molecule has 1 heterocycles. The minimum absolute atomic E-state index is 0.134. The number of anilines is 1. The van der Waals surface area contributed by atoms with Crippen LogP contribution < -0.4 is 5.32 Å². The van der Waals surface area contributed by atoms with Crippen molar-refractivity contribution in [1.82, 2.24) is 4.98 Å². The van der Waals surface area contributed by atoms with E-state index < -0.39 is 29.2 Å². The first-order valence-electron chi connectivity index (χ1n) is 5.06. The zero-order chi connectivity index (χ0) is 11.7. The van der Waals surface area contributed by atoms with E-state index in [0.717, 1.165) is 25.7 Å². The van der Waals surface area contributed by atoms with Crippen molar-refractivity contribution in [1.29, 1.82) is 0 Å². The maximum absolute atomic E-state index is 13.2. The van der Waals surface area contributed by atoms with Gasteiger partial charge in [-0.2, -0.15) is 22.5 Å². The summed E-state index contributed by atoms with van der Waals surface area (Å²) in [5.74, 6) is -6.18. The van der Waals surface area contributed by atoms with Crippen molar-refractivity contribution >= 4 is 5.69 Å². The summed E-state index contributed by atoms with van der Waals surface area (Å²) in [5.41, 5.74) is -0.753. The van der Waals surface area contributed by atoms with Gasteiger partial charge in [0.25, 0.3) is 11.9 Å². The van der Waals surface area contributed by atoms with Gasteiger partial charge in [0.05, 0.1) is 0 Å². The summed E-state index contributed by atoms with van der Waals surface area (Å²) >= 11 is 0. The molecule has 0 atom stereocenters. The van der Waals surface area contributed by atoms with Crippen LogP contribution in [0, 0.1) is 23.5 Å². The molecule has 1 saturated carbocycles. The molecule has 1 aliphatic carbocycles. The summed E-state index contributed by atoms with van der Waals surface area (Å²) < 4.78 is 51.9. The molecule has 0 spiro atoms. The zero-order valence-corrected chi connectivity index (χ0v) is 8.36. The second kappa shape index (κ2) is 4.27. The highest BCUT2D eigenvalue weighted by atomic mass is 19.2. The van der Waals surface area contributed by atoms with Crippen LogP contribution in [-0.2, 0) is 0 Å². The SMILES string of the molecule is Fc1nc(F)c(F)c(NC2CCCC2)c1F. The molecule has 1 aromatic rings. The molecule has 1 fully saturated rings. The first-order chi connectivity index (χ1) is 7.59. The Morgan fingerprint density at radius 3 is 1.94 bits per heavy atom. The molecule has 16 heavy (non-hydrogen) atoms. The van der Waals surface area contributed by atoms with Gasteiger partial charge in [0, 0.05) is 6.04 Å². The van der Waals surface area contributed by atoms with Crippen molar-refractivity contribution in [3.63, 3.8) is 0 Å². The maximum Gasteiger partial charge on any atom is 0.253 e. The van der Waals surface area contributed by atoms with Gasteiger partial charge in [-0.1, -0.05) is 12.8 Å². The minimum Gasteiger partial charge on any atom is -0.377 e. The fourth-order valence-corrected chi connectivity index (χ4v) is 1.89. The van der Waals surface area contributed by atoms with E-state index in [2.05, 4.69) is 10.3 Å². The predicted molar refractivity (Wildman–Crippen MR) is 49.9 cm³/mol. The predicted octanol–water partition coefficient (Wildman–Crippen LogP) is 2.99. The zero-order valence-electron chi connectivity index (χ0n) is 8.36. The van der Waals surface area contributed by atoms with Crippen LogP contribution in [0.5, 0.6) is 0 Å². The molecule has 0 saturated heterocycles. The first kappa shape index (κ1) is 11.2. The fraction of sp³-hybridized carbons (Fsp3) is 0.500. The average Bonchev–Trinajstić information content (AvgIpc) is 2.74. The van der Waals surface area contributed by atoms with Gasteiger partial charge in [-0.05, 0) is 12.8 Å². The molecule has 0 unspecified atom stereocenters. The number of nitrogens with zero attached hydrogens (tertiary/aromatic N) is 1. The normalized spacial score (nSPS) is 16.8. The van der Waals surface area contributed by atoms with Crippen LogP contribution in [-0.4, -0.2) is 11.0 Å². The summed E-state index contributed by atoms with van der Waals surface area (Å²) in [4.78, 5) is 2.48. The van der Waals surface area contributed by atoms with E-state index in [-0.39, 0.29) is 6.04 Å². The molecular formula is C10H10F4N2. The van der Waals surface area contributed by atoms with Crippen molar-refractivity contribution in [2.24, 2.45) is 0 Å². The van der Waals surface area contributed by atoms with Gasteiger partial charge in [0.1, 0.15) is 5.69 Å². The van der Waals surface area contributed by atoms with E-state index in [1.807, 2.05) is 0 Å². The second-order valence-corrected chi connectivity index (χ2v) is 3.82. The number of nitrogens with one attached hydrogen (secondary N) is 1. The number of hydrogen-bond donors (Lipinski definition) is 1. The van der Waals surface area contributed by atoms with Gasteiger partial charge < -0.3 is 5.32 Å². The lowest BCUT2D eigenvalue weighted by atomic mass is 10.2. The molecule has 1 aliphatic rings. The van der Waals surface area contributed by atoms with Gasteiger partial charge in [0.2, 0.25) is 11.6 Å². The fourth-order valence-electron chi connectivity index (χ4n) is 1.89. The number of aromatic nitrogens is 1. The molecule has 1 N–H and O–H groups in total. The van der Waals surface area contributed by atoms with E-state index >= 15 is 0 Å². The number of pyridine rings is 1. The van der Waals surface area contributed by atoms with Crippen LogP contribution >= 0.6 is 0 Å². The molecule has 0 radical (unpaired) electrons. The lowest BCUT2D eigenvalue weighted by molar-refractivity contribution is 0.409. The Balaban J connectivity index is 2.31. The molecule has 0 amide bonds. The number of halogens is 4. The minimum atomic E-state index is -1.63. The first-order valence-corrected chi connectivity index (χ1v) is 5.06. The topological polar surface area (TPSA) is 24.9 Å². The standard InChI is InChI=1S/C10H10F4N2/c11-6-8(15-5-3-1-2-4-5)7(12)10(14)16-9(6)13/h5H,1-4H2,(H,15,16). The lowest BCUT2D eigenvalue weighted by Gasteiger charge is -2.14. The van der Waals surface area contributed by atoms with E-state index in [9.17, 15) is 17.6 Å². The summed E-state index contributed by atoms with van der Waals surface area (Å²) in [6, 6.07) is -0.134. The third-order valence-corrected chi connectivity index (χ3v) is 2.70. The Morgan fingerprint density at radius 2 is 1.44 bits per heavy atom. The molecule has 2 rings (SSSR count). The Morgan fingerprint density at radius 1 is 0.938 bits per heavy atom. The summed E-state index contributed by atoms with van der Waals surface area (Å²) in [7, 11) is 0. The summed E-state index contributed by atoms with van der Waals surface area (Å²) in [6.07, 6.45) is 3.36. The van der Waals surface area contributed by atoms with E-state index in [1.54, 1.807) is 0 Å². The largest absolute Gasteiger partial charge is 0.377 e. The van der Waals surface area contributed by atoms with Crippen molar-refractivity contribution < 1.29 is 17.6 Å². The van der Waals surface area contributed by atoms with Crippen LogP contribution in [0.3, 0.4) is 0 Å². The Bertz CT molecular complexity index is 376. The summed E-state index contributed by atoms with van der Waals surface area (Å²) in [6.45, 7) is 0. The van der Waals surface area contributed by atoms with Crippen LogP contribution in [0.15, 0.2) is 0 Å². The molecule has 2 nitrogen and oxygen atoms in total. The van der Waals surface area contributed by atoms with Gasteiger partial charge in [-0.3, -0.25) is 0 Å². The third kappa shape index (κ3) is 1.96. The molecule has 0 aliphatic heterocycles. The highest BCUT2D eigenvalue weighted by Crippen LogP contribution is 2.27. The molecular weight excluding hydrogens is 224 g/mol. The van der Waals surface area contributed by atoms with Crippen molar-refractivity contribution in [3.05, 3.63) is 23.5 Å². The molecule has 0 bridgehead atoms. The van der Waals surface area contributed by atoms with Gasteiger partial charge >= 0.3 is 0 Å². The van der Waals surface area contributed by atoms with Crippen molar-refractivity contribution in [2.75, 3.05) is 5.32 Å². The van der Waals surface area contributed by atoms with Gasteiger partial charge in [-0.15, -0.1) is 0 Å². The van der Waals surface area contributed by atoms with Crippen LogP contribution in [0.25, 0.3) is 0 Å². The van der Waals surface area contributed by atoms with Crippen molar-refractivity contribution in [2.45, 2.75) is 31.7 Å². The highest BCUT2D eigenvalue weighted by Gasteiger charge is 2.24. The summed E-state index contributed by atoms with van der Waals surface area (Å²) in [5, 5.41) is 2.49. The van der Waals surface area contributed by atoms with Gasteiger partial charge in [-0.25, -0.2) is 0 Å². The average molecular weight is 234 g/mol. The Labute approximate surface area is 89.7 Å². The van der Waals surface area contributed by atoms with E-state index in [1.165, 1.54) is 0 Å². The van der Waals surface area contributed by atoms with Crippen LogP contribution in [0.2, 0.25) is 0 Å². The highest BCUT2D eigenvalue weighted by molar-refractivity contribution is 5.46. The molecule has 88 valence electrons. The Kier molecular flexibility index (Phi) is 2.98. The van der Waals surface area contributed by atoms with E-state index in [0.29, 0.717) is 0 Å². The number of rotatable bonds is 2. The third-order valence-electron chi connectivity index (χ3n) is 2.70.